The largest absolute Gasteiger partial charge is 0.374 e. The Morgan fingerprint density at radius 1 is 1.21 bits per heavy atom. The second-order valence-corrected chi connectivity index (χ2v) is 9.25. The molecule has 6 nitrogen and oxygen atoms in total. The van der Waals surface area contributed by atoms with E-state index in [9.17, 15) is 13.2 Å². The first-order chi connectivity index (χ1) is 13.2. The van der Waals surface area contributed by atoms with Crippen molar-refractivity contribution in [2.45, 2.75) is 26.2 Å². The summed E-state index contributed by atoms with van der Waals surface area (Å²) in [7, 11) is -1.36. The van der Waals surface area contributed by atoms with Gasteiger partial charge in [-0.15, -0.1) is 0 Å². The van der Waals surface area contributed by atoms with Crippen LogP contribution in [0.5, 0.6) is 0 Å². The van der Waals surface area contributed by atoms with Gasteiger partial charge in [-0.1, -0.05) is 18.2 Å². The maximum absolute atomic E-state index is 12.4. The van der Waals surface area contributed by atoms with E-state index in [0.29, 0.717) is 30.9 Å². The first-order valence-corrected chi connectivity index (χ1v) is 11.3. The van der Waals surface area contributed by atoms with Gasteiger partial charge in [-0.3, -0.25) is 9.10 Å². The number of fused-ring (bicyclic) bond motifs is 1. The third-order valence-corrected chi connectivity index (χ3v) is 6.14. The van der Waals surface area contributed by atoms with Gasteiger partial charge in [-0.05, 0) is 55.2 Å². The highest BCUT2D eigenvalue weighted by Crippen LogP contribution is 2.31. The summed E-state index contributed by atoms with van der Waals surface area (Å²) in [6.45, 7) is 3.11. The first-order valence-electron chi connectivity index (χ1n) is 9.42. The molecule has 0 saturated carbocycles. The number of nitrogens with one attached hydrogen (secondary N) is 1. The van der Waals surface area contributed by atoms with Gasteiger partial charge < -0.3 is 10.2 Å². The standard InChI is InChI=1S/C21H27N3O3S/c1-16-6-4-8-19(14-16)23(2)13-11-21(25)22-18-10-9-17-7-5-12-24(20(17)15-18)28(3,26)27/h4,6,8-10,14-15H,5,7,11-13H2,1-3H3,(H,22,25). The summed E-state index contributed by atoms with van der Waals surface area (Å²) < 4.78 is 25.5. The lowest BCUT2D eigenvalue weighted by atomic mass is 10.0. The van der Waals surface area contributed by atoms with Gasteiger partial charge in [0, 0.05) is 37.9 Å². The van der Waals surface area contributed by atoms with Crippen molar-refractivity contribution in [3.05, 3.63) is 53.6 Å². The second-order valence-electron chi connectivity index (χ2n) is 7.34. The van der Waals surface area contributed by atoms with E-state index in [2.05, 4.69) is 11.4 Å². The number of hydrogen-bond acceptors (Lipinski definition) is 4. The van der Waals surface area contributed by atoms with Gasteiger partial charge in [0.1, 0.15) is 0 Å². The summed E-state index contributed by atoms with van der Waals surface area (Å²) in [5.74, 6) is -0.0961. The predicted molar refractivity (Wildman–Crippen MR) is 115 cm³/mol. The van der Waals surface area contributed by atoms with Crippen LogP contribution in [0.2, 0.25) is 0 Å². The number of hydrogen-bond donors (Lipinski definition) is 1. The topological polar surface area (TPSA) is 69.7 Å². The number of sulfonamides is 1. The second kappa shape index (κ2) is 8.22. The minimum atomic E-state index is -3.33. The number of aryl methyl sites for hydroxylation is 2. The van der Waals surface area contributed by atoms with E-state index in [1.54, 1.807) is 6.07 Å². The SMILES string of the molecule is Cc1cccc(N(C)CCC(=O)Nc2ccc3c(c2)N(S(C)(=O)=O)CCC3)c1. The molecule has 3 rings (SSSR count). The zero-order valence-electron chi connectivity index (χ0n) is 16.6. The highest BCUT2D eigenvalue weighted by Gasteiger charge is 2.24. The molecule has 0 aliphatic carbocycles. The van der Waals surface area contributed by atoms with E-state index in [1.165, 1.54) is 16.1 Å². The number of anilines is 3. The molecule has 0 unspecified atom stereocenters. The lowest BCUT2D eigenvalue weighted by molar-refractivity contribution is -0.116. The van der Waals surface area contributed by atoms with Crippen LogP contribution >= 0.6 is 0 Å². The summed E-state index contributed by atoms with van der Waals surface area (Å²) in [4.78, 5) is 14.4. The molecule has 0 spiro atoms. The van der Waals surface area contributed by atoms with Crippen molar-refractivity contribution in [3.8, 4) is 0 Å². The minimum absolute atomic E-state index is 0.0961. The van der Waals surface area contributed by atoms with Crippen LogP contribution in [0, 0.1) is 6.92 Å². The van der Waals surface area contributed by atoms with Crippen molar-refractivity contribution in [1.82, 2.24) is 0 Å². The predicted octanol–water partition coefficient (Wildman–Crippen LogP) is 3.17. The van der Waals surface area contributed by atoms with Crippen LogP contribution in [0.4, 0.5) is 17.1 Å². The molecule has 0 aromatic heterocycles. The van der Waals surface area contributed by atoms with Crippen LogP contribution in [0.1, 0.15) is 24.0 Å². The third kappa shape index (κ3) is 4.84. The highest BCUT2D eigenvalue weighted by atomic mass is 32.2. The molecule has 1 aliphatic rings. The van der Waals surface area contributed by atoms with Gasteiger partial charge in [-0.2, -0.15) is 0 Å². The van der Waals surface area contributed by atoms with Crippen LogP contribution in [0.15, 0.2) is 42.5 Å². The van der Waals surface area contributed by atoms with Gasteiger partial charge in [0.15, 0.2) is 0 Å². The van der Waals surface area contributed by atoms with Crippen LogP contribution in [0.3, 0.4) is 0 Å². The summed E-state index contributed by atoms with van der Waals surface area (Å²) >= 11 is 0. The zero-order chi connectivity index (χ0) is 20.3. The maximum Gasteiger partial charge on any atom is 0.232 e. The summed E-state index contributed by atoms with van der Waals surface area (Å²) in [5.41, 5.74) is 4.54. The van der Waals surface area contributed by atoms with E-state index in [4.69, 9.17) is 0 Å². The van der Waals surface area contributed by atoms with E-state index in [-0.39, 0.29) is 5.91 Å². The van der Waals surface area contributed by atoms with Crippen molar-refractivity contribution in [3.63, 3.8) is 0 Å². The summed E-state index contributed by atoms with van der Waals surface area (Å²) in [6.07, 6.45) is 3.21. The van der Waals surface area contributed by atoms with Gasteiger partial charge >= 0.3 is 0 Å². The molecule has 1 N–H and O–H groups in total. The molecule has 1 heterocycles. The first kappa shape index (κ1) is 20.2. The lowest BCUT2D eigenvalue weighted by Gasteiger charge is -2.29. The van der Waals surface area contributed by atoms with Crippen molar-refractivity contribution in [2.24, 2.45) is 0 Å². The Kier molecular flexibility index (Phi) is 5.93. The number of benzene rings is 2. The fourth-order valence-corrected chi connectivity index (χ4v) is 4.44. The number of amides is 1. The molecule has 150 valence electrons. The monoisotopic (exact) mass is 401 g/mol. The molecule has 0 radical (unpaired) electrons. The van der Waals surface area contributed by atoms with E-state index >= 15 is 0 Å². The Bertz CT molecular complexity index is 973. The van der Waals surface area contributed by atoms with Crippen molar-refractivity contribution < 1.29 is 13.2 Å². The maximum atomic E-state index is 12.4. The number of carbonyl (C=O) groups is 1. The molecule has 7 heteroatoms. The number of carbonyl (C=O) groups excluding carboxylic acids is 1. The molecule has 2 aromatic rings. The van der Waals surface area contributed by atoms with Crippen molar-refractivity contribution in [1.29, 1.82) is 0 Å². The van der Waals surface area contributed by atoms with Crippen LogP contribution in [0.25, 0.3) is 0 Å². The molecular weight excluding hydrogens is 374 g/mol. The third-order valence-electron chi connectivity index (χ3n) is 4.96. The average molecular weight is 402 g/mol. The Morgan fingerprint density at radius 3 is 2.71 bits per heavy atom. The Morgan fingerprint density at radius 2 is 2.00 bits per heavy atom. The van der Waals surface area contributed by atoms with Crippen molar-refractivity contribution in [2.75, 3.05) is 40.9 Å². The van der Waals surface area contributed by atoms with Crippen molar-refractivity contribution >= 4 is 33.0 Å². The summed E-state index contributed by atoms with van der Waals surface area (Å²) in [5, 5.41) is 2.90. The molecule has 28 heavy (non-hydrogen) atoms. The fourth-order valence-electron chi connectivity index (χ4n) is 3.45. The Balaban J connectivity index is 1.65. The number of rotatable bonds is 6. The molecule has 0 fully saturated rings. The highest BCUT2D eigenvalue weighted by molar-refractivity contribution is 7.92. The molecule has 0 atom stereocenters. The Hall–Kier alpha value is -2.54. The van der Waals surface area contributed by atoms with E-state index < -0.39 is 10.0 Å². The van der Waals surface area contributed by atoms with Crippen LogP contribution in [-0.4, -0.2) is 40.7 Å². The zero-order valence-corrected chi connectivity index (χ0v) is 17.4. The van der Waals surface area contributed by atoms with Crippen LogP contribution < -0.4 is 14.5 Å². The molecule has 0 saturated heterocycles. The molecule has 2 aromatic carbocycles. The number of nitrogens with zero attached hydrogens (tertiary/aromatic N) is 2. The van der Waals surface area contributed by atoms with E-state index in [0.717, 1.165) is 24.1 Å². The van der Waals surface area contributed by atoms with E-state index in [1.807, 2.05) is 49.2 Å². The molecule has 0 bridgehead atoms. The van der Waals surface area contributed by atoms with Gasteiger partial charge in [0.2, 0.25) is 15.9 Å². The fraction of sp³-hybridized carbons (Fsp3) is 0.381. The Labute approximate surface area is 167 Å². The lowest BCUT2D eigenvalue weighted by Crippen LogP contribution is -2.34. The molecule has 1 amide bonds. The molecular formula is C21H27N3O3S. The normalized spacial score (nSPS) is 13.8. The minimum Gasteiger partial charge on any atom is -0.374 e. The molecule has 1 aliphatic heterocycles. The van der Waals surface area contributed by atoms with Gasteiger partial charge in [0.05, 0.1) is 11.9 Å². The average Bonchev–Trinajstić information content (AvgIpc) is 2.64. The van der Waals surface area contributed by atoms with Gasteiger partial charge in [-0.25, -0.2) is 8.42 Å². The van der Waals surface area contributed by atoms with Crippen LogP contribution in [-0.2, 0) is 21.2 Å². The summed E-state index contributed by atoms with van der Waals surface area (Å²) in [6, 6.07) is 13.7. The quantitative estimate of drug-likeness (QED) is 0.807. The smallest absolute Gasteiger partial charge is 0.232 e. The van der Waals surface area contributed by atoms with Gasteiger partial charge in [0.25, 0.3) is 0 Å².